The van der Waals surface area contributed by atoms with Crippen LogP contribution in [0.25, 0.3) is 0 Å². The smallest absolute Gasteiger partial charge is 0.254 e. The molecule has 10 heteroatoms. The number of aromatic nitrogens is 2. The van der Waals surface area contributed by atoms with E-state index < -0.39 is 14.0 Å². The zero-order valence-corrected chi connectivity index (χ0v) is 20.8. The lowest BCUT2D eigenvalue weighted by Crippen LogP contribution is -2.29. The fraction of sp³-hybridized carbons (Fsp3) is 0.458. The Hall–Kier alpha value is -3.31. The molecule has 0 saturated carbocycles. The van der Waals surface area contributed by atoms with E-state index >= 15 is 0 Å². The van der Waals surface area contributed by atoms with Gasteiger partial charge in [0.2, 0.25) is 0 Å². The molecule has 1 aliphatic rings. The van der Waals surface area contributed by atoms with Crippen molar-refractivity contribution in [2.45, 2.75) is 38.1 Å². The molecule has 2 heterocycles. The molecular formula is C24H31N5O4Si. The Balaban J connectivity index is 1.72. The second-order valence-electron chi connectivity index (χ2n) is 9.36. The van der Waals surface area contributed by atoms with E-state index in [9.17, 15) is 10.1 Å². The summed E-state index contributed by atoms with van der Waals surface area (Å²) < 4.78 is 18.4. The number of hydrogen-bond acceptors (Lipinski definition) is 7. The molecule has 1 amide bonds. The highest BCUT2D eigenvalue weighted by molar-refractivity contribution is 6.76. The van der Waals surface area contributed by atoms with Crippen molar-refractivity contribution in [2.24, 2.45) is 11.7 Å². The van der Waals surface area contributed by atoms with Crippen LogP contribution in [-0.4, -0.2) is 50.4 Å². The van der Waals surface area contributed by atoms with Gasteiger partial charge in [0.15, 0.2) is 12.6 Å². The number of amides is 1. The van der Waals surface area contributed by atoms with Crippen molar-refractivity contribution in [3.8, 4) is 24.2 Å². The van der Waals surface area contributed by atoms with Gasteiger partial charge in [0.1, 0.15) is 11.3 Å². The lowest BCUT2D eigenvalue weighted by atomic mass is 9.97. The van der Waals surface area contributed by atoms with Gasteiger partial charge >= 0.3 is 0 Å². The summed E-state index contributed by atoms with van der Waals surface area (Å²) >= 11 is 0. The van der Waals surface area contributed by atoms with Gasteiger partial charge in [0.05, 0.1) is 30.2 Å². The van der Waals surface area contributed by atoms with E-state index in [0.717, 1.165) is 6.04 Å². The van der Waals surface area contributed by atoms with E-state index in [2.05, 4.69) is 42.0 Å². The Morgan fingerprint density at radius 3 is 2.91 bits per heavy atom. The molecule has 1 saturated heterocycles. The van der Waals surface area contributed by atoms with Gasteiger partial charge in [-0.25, -0.2) is 0 Å². The molecular weight excluding hydrogens is 450 g/mol. The topological polar surface area (TPSA) is 124 Å². The maximum Gasteiger partial charge on any atom is 0.254 e. The number of nitrogens with two attached hydrogens (primary N) is 1. The Kier molecular flexibility index (Phi) is 8.34. The van der Waals surface area contributed by atoms with Crippen molar-refractivity contribution in [1.29, 1.82) is 5.26 Å². The van der Waals surface area contributed by atoms with Crippen LogP contribution in [0.4, 0.5) is 11.5 Å². The van der Waals surface area contributed by atoms with Gasteiger partial charge in [-0.05, 0) is 30.7 Å². The predicted octanol–water partition coefficient (Wildman–Crippen LogP) is 3.50. The summed E-state index contributed by atoms with van der Waals surface area (Å²) in [6.07, 6.45) is 7.83. The molecule has 2 unspecified atom stereocenters. The van der Waals surface area contributed by atoms with E-state index in [4.69, 9.17) is 26.4 Å². The molecule has 34 heavy (non-hydrogen) atoms. The summed E-state index contributed by atoms with van der Waals surface area (Å²) in [5.74, 6) is 2.52. The van der Waals surface area contributed by atoms with Crippen LogP contribution in [0.3, 0.4) is 0 Å². The van der Waals surface area contributed by atoms with Gasteiger partial charge in [-0.2, -0.15) is 10.4 Å². The second-order valence-corrected chi connectivity index (χ2v) is 15.0. The molecule has 3 N–H and O–H groups in total. The van der Waals surface area contributed by atoms with Crippen molar-refractivity contribution < 1.29 is 19.0 Å². The molecule has 1 aromatic carbocycles. The van der Waals surface area contributed by atoms with Gasteiger partial charge in [-0.15, -0.1) is 6.42 Å². The molecule has 0 spiro atoms. The largest absolute Gasteiger partial charge is 0.466 e. The highest BCUT2D eigenvalue weighted by Crippen LogP contribution is 2.30. The van der Waals surface area contributed by atoms with E-state index in [0.29, 0.717) is 43.2 Å². The third-order valence-corrected chi connectivity index (χ3v) is 7.23. The van der Waals surface area contributed by atoms with E-state index in [1.807, 2.05) is 0 Å². The molecule has 3 rings (SSSR count). The number of benzene rings is 1. The van der Waals surface area contributed by atoms with Crippen LogP contribution in [0.15, 0.2) is 24.4 Å². The first-order valence-electron chi connectivity index (χ1n) is 11.2. The maximum atomic E-state index is 12.0. The zero-order valence-electron chi connectivity index (χ0n) is 19.8. The second kappa shape index (κ2) is 11.2. The van der Waals surface area contributed by atoms with E-state index in [1.165, 1.54) is 0 Å². The third kappa shape index (κ3) is 6.61. The first kappa shape index (κ1) is 25.3. The molecule has 0 bridgehead atoms. The SMILES string of the molecule is C#Cc1cc(Nc2nn(C3COCCC3C#N)cc2C(N)=O)ccc1OCOCC[Si](C)(C)C. The summed E-state index contributed by atoms with van der Waals surface area (Å²) in [5, 5.41) is 17.1. The summed E-state index contributed by atoms with van der Waals surface area (Å²) in [5.41, 5.74) is 6.93. The summed E-state index contributed by atoms with van der Waals surface area (Å²) in [6, 6.07) is 8.27. The number of nitrogens with zero attached hydrogens (tertiary/aromatic N) is 3. The highest BCUT2D eigenvalue weighted by Gasteiger charge is 2.29. The third-order valence-electron chi connectivity index (χ3n) is 5.52. The lowest BCUT2D eigenvalue weighted by molar-refractivity contribution is 0.0219. The normalized spacial score (nSPS) is 18.0. The molecule has 180 valence electrons. The number of carbonyl (C=O) groups is 1. The fourth-order valence-corrected chi connectivity index (χ4v) is 4.25. The van der Waals surface area contributed by atoms with Crippen LogP contribution >= 0.6 is 0 Å². The molecule has 2 atom stereocenters. The average molecular weight is 482 g/mol. The molecule has 1 aliphatic heterocycles. The van der Waals surface area contributed by atoms with Gasteiger partial charge in [-0.1, -0.05) is 25.6 Å². The van der Waals surface area contributed by atoms with E-state index in [-0.39, 0.29) is 30.1 Å². The highest BCUT2D eigenvalue weighted by atomic mass is 28.3. The van der Waals surface area contributed by atoms with Gasteiger partial charge in [0.25, 0.3) is 5.91 Å². The van der Waals surface area contributed by atoms with Crippen molar-refractivity contribution in [3.63, 3.8) is 0 Å². The first-order chi connectivity index (χ1) is 16.2. The molecule has 0 aliphatic carbocycles. The zero-order chi connectivity index (χ0) is 24.7. The number of nitrogens with one attached hydrogen (secondary N) is 1. The number of primary amides is 1. The first-order valence-corrected chi connectivity index (χ1v) is 14.9. The monoisotopic (exact) mass is 481 g/mol. The number of terminal acetylenes is 1. The number of hydrogen-bond donors (Lipinski definition) is 2. The minimum absolute atomic E-state index is 0.117. The number of rotatable bonds is 10. The summed E-state index contributed by atoms with van der Waals surface area (Å²) in [7, 11) is -1.16. The minimum Gasteiger partial charge on any atom is -0.466 e. The molecule has 9 nitrogen and oxygen atoms in total. The lowest BCUT2D eigenvalue weighted by Gasteiger charge is -2.26. The molecule has 1 aromatic heterocycles. The maximum absolute atomic E-state index is 12.0. The summed E-state index contributed by atoms with van der Waals surface area (Å²) in [4.78, 5) is 12.0. The molecule has 1 fully saturated rings. The van der Waals surface area contributed by atoms with Crippen LogP contribution in [0, 0.1) is 29.6 Å². The Labute approximate surface area is 201 Å². The minimum atomic E-state index is -1.16. The van der Waals surface area contributed by atoms with Crippen molar-refractivity contribution in [2.75, 3.05) is 31.9 Å². The fourth-order valence-electron chi connectivity index (χ4n) is 3.49. The predicted molar refractivity (Wildman–Crippen MR) is 132 cm³/mol. The quantitative estimate of drug-likeness (QED) is 0.230. The summed E-state index contributed by atoms with van der Waals surface area (Å²) in [6.45, 7) is 8.50. The van der Waals surface area contributed by atoms with Crippen molar-refractivity contribution in [1.82, 2.24) is 9.78 Å². The van der Waals surface area contributed by atoms with Crippen molar-refractivity contribution in [3.05, 3.63) is 35.5 Å². The van der Waals surface area contributed by atoms with Crippen LogP contribution in [0.5, 0.6) is 5.75 Å². The van der Waals surface area contributed by atoms with Gasteiger partial charge in [0, 0.05) is 33.2 Å². The van der Waals surface area contributed by atoms with Crippen LogP contribution < -0.4 is 15.8 Å². The number of carbonyl (C=O) groups excluding carboxylic acids is 1. The van der Waals surface area contributed by atoms with Gasteiger partial charge < -0.3 is 25.3 Å². The van der Waals surface area contributed by atoms with Crippen LogP contribution in [0.1, 0.15) is 28.4 Å². The average Bonchev–Trinajstić information content (AvgIpc) is 3.22. The van der Waals surface area contributed by atoms with E-state index in [1.54, 1.807) is 29.1 Å². The standard InChI is InChI=1S/C24H31N5O4Si/c1-5-17-12-19(6-7-22(17)33-16-32-10-11-34(2,3)4)27-24-20(23(26)30)14-29(28-24)21-15-31-9-8-18(21)13-25/h1,6-7,12,14,18,21H,8-11,15-16H2,2-4H3,(H2,26,30)(H,27,28). The number of ether oxygens (including phenoxy) is 3. The van der Waals surface area contributed by atoms with Gasteiger partial charge in [-0.3, -0.25) is 9.48 Å². The Morgan fingerprint density at radius 2 is 2.24 bits per heavy atom. The van der Waals surface area contributed by atoms with Crippen molar-refractivity contribution >= 4 is 25.5 Å². The Morgan fingerprint density at radius 1 is 1.44 bits per heavy atom. The van der Waals surface area contributed by atoms with Crippen LogP contribution in [-0.2, 0) is 9.47 Å². The number of anilines is 2. The number of nitriles is 1. The Bertz CT molecular complexity index is 1100. The molecule has 2 aromatic rings. The van der Waals surface area contributed by atoms with Crippen LogP contribution in [0.2, 0.25) is 25.7 Å². The molecule has 0 radical (unpaired) electrons.